The molecule has 0 saturated carbocycles. The zero-order valence-electron chi connectivity index (χ0n) is 9.68. The molecule has 1 N–H and O–H groups in total. The minimum atomic E-state index is -0.970. The van der Waals surface area contributed by atoms with Gasteiger partial charge in [-0.3, -0.25) is 4.79 Å². The molecule has 2 rings (SSSR count). The molecule has 1 amide bonds. The number of carboxylic acids is 1. The highest BCUT2D eigenvalue weighted by Crippen LogP contribution is 2.25. The van der Waals surface area contributed by atoms with Crippen molar-refractivity contribution in [2.45, 2.75) is 32.2 Å². The number of hydrogen-bond donors (Lipinski definition) is 1. The first-order valence-corrected chi connectivity index (χ1v) is 6.59. The van der Waals surface area contributed by atoms with Gasteiger partial charge in [-0.05, 0) is 31.4 Å². The zero-order valence-corrected chi connectivity index (χ0v) is 10.5. The van der Waals surface area contributed by atoms with E-state index in [1.54, 1.807) is 6.07 Å². The fraction of sp³-hybridized carbons (Fsp3) is 0.500. The van der Waals surface area contributed by atoms with Crippen LogP contribution in [0.5, 0.6) is 0 Å². The zero-order chi connectivity index (χ0) is 12.4. The summed E-state index contributed by atoms with van der Waals surface area (Å²) in [5, 5.41) is 8.83. The van der Waals surface area contributed by atoms with Gasteiger partial charge < -0.3 is 10.0 Å². The van der Waals surface area contributed by atoms with Crippen LogP contribution in [0, 0.1) is 0 Å². The van der Waals surface area contributed by atoms with Crippen molar-refractivity contribution in [3.05, 3.63) is 21.9 Å². The SMILES string of the molecule is CC[C@H]1CCCN1C(=O)c1ccc(C(=O)O)s1. The summed E-state index contributed by atoms with van der Waals surface area (Å²) in [4.78, 5) is 25.6. The van der Waals surface area contributed by atoms with Crippen LogP contribution in [0.2, 0.25) is 0 Å². The lowest BCUT2D eigenvalue weighted by Crippen LogP contribution is -2.34. The maximum absolute atomic E-state index is 12.2. The normalized spacial score (nSPS) is 19.6. The predicted molar refractivity (Wildman–Crippen MR) is 65.6 cm³/mol. The number of amides is 1. The lowest BCUT2D eigenvalue weighted by atomic mass is 10.2. The Morgan fingerprint density at radius 1 is 1.47 bits per heavy atom. The highest BCUT2D eigenvalue weighted by atomic mass is 32.1. The van der Waals surface area contributed by atoms with Crippen molar-refractivity contribution < 1.29 is 14.7 Å². The van der Waals surface area contributed by atoms with Crippen molar-refractivity contribution in [2.24, 2.45) is 0 Å². The third-order valence-electron chi connectivity index (χ3n) is 3.14. The van der Waals surface area contributed by atoms with Crippen LogP contribution in [-0.2, 0) is 0 Å². The van der Waals surface area contributed by atoms with Gasteiger partial charge in [0.2, 0.25) is 0 Å². The van der Waals surface area contributed by atoms with E-state index in [4.69, 9.17) is 5.11 Å². The van der Waals surface area contributed by atoms with Gasteiger partial charge in [-0.25, -0.2) is 4.79 Å². The largest absolute Gasteiger partial charge is 0.477 e. The first-order valence-electron chi connectivity index (χ1n) is 5.77. The van der Waals surface area contributed by atoms with Gasteiger partial charge >= 0.3 is 5.97 Å². The van der Waals surface area contributed by atoms with E-state index in [0.717, 1.165) is 37.1 Å². The Labute approximate surface area is 104 Å². The Kier molecular flexibility index (Phi) is 3.47. The molecule has 1 aromatic heterocycles. The van der Waals surface area contributed by atoms with Crippen LogP contribution in [0.4, 0.5) is 0 Å². The van der Waals surface area contributed by atoms with Crippen LogP contribution in [0.25, 0.3) is 0 Å². The van der Waals surface area contributed by atoms with Crippen molar-refractivity contribution in [2.75, 3.05) is 6.54 Å². The summed E-state index contributed by atoms with van der Waals surface area (Å²) in [6, 6.07) is 3.43. The van der Waals surface area contributed by atoms with E-state index < -0.39 is 5.97 Å². The average Bonchev–Trinajstić information content (AvgIpc) is 2.96. The van der Waals surface area contributed by atoms with Crippen LogP contribution in [-0.4, -0.2) is 34.5 Å². The standard InChI is InChI=1S/C12H15NO3S/c1-2-8-4-3-7-13(8)11(14)9-5-6-10(17-9)12(15)16/h5-6,8H,2-4,7H2,1H3,(H,15,16)/t8-/m0/s1. The molecule has 1 aliphatic heterocycles. The molecule has 1 atom stereocenters. The van der Waals surface area contributed by atoms with Gasteiger partial charge in [0.1, 0.15) is 4.88 Å². The van der Waals surface area contributed by atoms with E-state index in [1.165, 1.54) is 6.07 Å². The highest BCUT2D eigenvalue weighted by Gasteiger charge is 2.29. The summed E-state index contributed by atoms with van der Waals surface area (Å²) in [7, 11) is 0. The Bertz CT molecular complexity index is 441. The van der Waals surface area contributed by atoms with Crippen molar-refractivity contribution in [1.29, 1.82) is 0 Å². The van der Waals surface area contributed by atoms with Crippen molar-refractivity contribution in [1.82, 2.24) is 4.90 Å². The minimum absolute atomic E-state index is 0.0214. The molecule has 0 unspecified atom stereocenters. The fourth-order valence-electron chi connectivity index (χ4n) is 2.24. The molecule has 5 heteroatoms. The second-order valence-corrected chi connectivity index (χ2v) is 5.26. The minimum Gasteiger partial charge on any atom is -0.477 e. The maximum Gasteiger partial charge on any atom is 0.345 e. The summed E-state index contributed by atoms with van der Waals surface area (Å²) >= 11 is 1.06. The number of carbonyl (C=O) groups is 2. The molecule has 92 valence electrons. The van der Waals surface area contributed by atoms with Gasteiger partial charge in [0.15, 0.2) is 0 Å². The molecule has 1 aliphatic rings. The Morgan fingerprint density at radius 3 is 2.76 bits per heavy atom. The number of carbonyl (C=O) groups excluding carboxylic acids is 1. The average molecular weight is 253 g/mol. The molecule has 0 aromatic carbocycles. The summed E-state index contributed by atoms with van der Waals surface area (Å²) in [6.07, 6.45) is 3.06. The lowest BCUT2D eigenvalue weighted by Gasteiger charge is -2.22. The first-order chi connectivity index (χ1) is 8.13. The van der Waals surface area contributed by atoms with Gasteiger partial charge in [0.25, 0.3) is 5.91 Å². The number of hydrogen-bond acceptors (Lipinski definition) is 3. The monoisotopic (exact) mass is 253 g/mol. The molecule has 0 bridgehead atoms. The summed E-state index contributed by atoms with van der Waals surface area (Å²) in [5.74, 6) is -0.991. The van der Waals surface area contributed by atoms with E-state index in [1.807, 2.05) is 4.90 Å². The molecule has 1 aromatic rings. The van der Waals surface area contributed by atoms with E-state index in [9.17, 15) is 9.59 Å². The van der Waals surface area contributed by atoms with E-state index >= 15 is 0 Å². The third kappa shape index (κ3) is 2.34. The molecule has 0 spiro atoms. The number of thiophene rings is 1. The fourth-order valence-corrected chi connectivity index (χ4v) is 3.04. The molecule has 1 fully saturated rings. The third-order valence-corrected chi connectivity index (χ3v) is 4.20. The first kappa shape index (κ1) is 12.1. The second kappa shape index (κ2) is 4.87. The van der Waals surface area contributed by atoms with Crippen LogP contribution in [0.15, 0.2) is 12.1 Å². The quantitative estimate of drug-likeness (QED) is 0.900. The van der Waals surface area contributed by atoms with Crippen molar-refractivity contribution in [3.8, 4) is 0 Å². The predicted octanol–water partition coefficient (Wildman–Crippen LogP) is 2.46. The van der Waals surface area contributed by atoms with E-state index in [-0.39, 0.29) is 10.8 Å². The summed E-state index contributed by atoms with van der Waals surface area (Å²) < 4.78 is 0. The molecular weight excluding hydrogens is 238 g/mol. The van der Waals surface area contributed by atoms with Crippen molar-refractivity contribution in [3.63, 3.8) is 0 Å². The summed E-state index contributed by atoms with van der Waals surface area (Å²) in [5.41, 5.74) is 0. The van der Waals surface area contributed by atoms with Gasteiger partial charge in [0.05, 0.1) is 4.88 Å². The maximum atomic E-state index is 12.2. The molecule has 2 heterocycles. The van der Waals surface area contributed by atoms with Crippen LogP contribution < -0.4 is 0 Å². The lowest BCUT2D eigenvalue weighted by molar-refractivity contribution is 0.0700. The van der Waals surface area contributed by atoms with Gasteiger partial charge in [0, 0.05) is 12.6 Å². The van der Waals surface area contributed by atoms with Crippen LogP contribution in [0.3, 0.4) is 0 Å². The Hall–Kier alpha value is -1.36. The number of nitrogens with zero attached hydrogens (tertiary/aromatic N) is 1. The number of rotatable bonds is 3. The van der Waals surface area contributed by atoms with Crippen LogP contribution in [0.1, 0.15) is 45.5 Å². The van der Waals surface area contributed by atoms with Crippen molar-refractivity contribution >= 4 is 23.2 Å². The molecule has 0 radical (unpaired) electrons. The Balaban J connectivity index is 2.16. The topological polar surface area (TPSA) is 57.6 Å². The van der Waals surface area contributed by atoms with Gasteiger partial charge in [-0.1, -0.05) is 6.92 Å². The molecular formula is C12H15NO3S. The molecule has 17 heavy (non-hydrogen) atoms. The Morgan fingerprint density at radius 2 is 2.18 bits per heavy atom. The number of carboxylic acid groups (broad SMARTS) is 1. The molecule has 1 saturated heterocycles. The smallest absolute Gasteiger partial charge is 0.345 e. The number of aromatic carboxylic acids is 1. The number of likely N-dealkylation sites (tertiary alicyclic amines) is 1. The van der Waals surface area contributed by atoms with E-state index in [0.29, 0.717) is 10.9 Å². The highest BCUT2D eigenvalue weighted by molar-refractivity contribution is 7.15. The molecule has 4 nitrogen and oxygen atoms in total. The second-order valence-electron chi connectivity index (χ2n) is 4.17. The molecule has 0 aliphatic carbocycles. The van der Waals surface area contributed by atoms with Crippen LogP contribution >= 0.6 is 11.3 Å². The summed E-state index contributed by atoms with van der Waals surface area (Å²) in [6.45, 7) is 2.87. The van der Waals surface area contributed by atoms with Gasteiger partial charge in [-0.2, -0.15) is 0 Å². The van der Waals surface area contributed by atoms with Gasteiger partial charge in [-0.15, -0.1) is 11.3 Å². The van der Waals surface area contributed by atoms with E-state index in [2.05, 4.69) is 6.92 Å².